The first-order chi connectivity index (χ1) is 16.1. The summed E-state index contributed by atoms with van der Waals surface area (Å²) in [5.74, 6) is -2.69. The summed E-state index contributed by atoms with van der Waals surface area (Å²) in [5, 5.41) is 14.6. The highest BCUT2D eigenvalue weighted by Crippen LogP contribution is 2.19. The Bertz CT molecular complexity index is 724. The molecule has 34 heavy (non-hydrogen) atoms. The van der Waals surface area contributed by atoms with E-state index >= 15 is 0 Å². The van der Waals surface area contributed by atoms with Crippen LogP contribution in [-0.2, 0) is 24.0 Å². The number of aliphatic carboxylic acids is 1. The van der Waals surface area contributed by atoms with Crippen LogP contribution in [0.5, 0.6) is 0 Å². The van der Waals surface area contributed by atoms with E-state index in [9.17, 15) is 29.1 Å². The van der Waals surface area contributed by atoms with Gasteiger partial charge in [0.2, 0.25) is 23.6 Å². The molecule has 194 valence electrons. The van der Waals surface area contributed by atoms with Crippen LogP contribution >= 0.6 is 11.8 Å². The van der Waals surface area contributed by atoms with E-state index in [1.54, 1.807) is 0 Å². The molecule has 1 heterocycles. The topological polar surface area (TPSA) is 211 Å². The Hall–Kier alpha value is -2.38. The Morgan fingerprint density at radius 3 is 2.38 bits per heavy atom. The molecular formula is C21H38N6O6S. The van der Waals surface area contributed by atoms with Crippen LogP contribution in [0.4, 0.5) is 0 Å². The maximum atomic E-state index is 13.0. The number of carbonyl (C=O) groups is 5. The van der Waals surface area contributed by atoms with Crippen molar-refractivity contribution in [1.29, 1.82) is 0 Å². The van der Waals surface area contributed by atoms with Crippen molar-refractivity contribution < 1.29 is 29.1 Å². The molecule has 0 saturated carbocycles. The number of unbranched alkanes of at least 4 members (excludes halogenated alkanes) is 1. The van der Waals surface area contributed by atoms with Crippen LogP contribution in [0.2, 0.25) is 0 Å². The highest BCUT2D eigenvalue weighted by atomic mass is 32.2. The minimum absolute atomic E-state index is 0.0371. The third-order valence-corrected chi connectivity index (χ3v) is 6.31. The molecule has 1 aliphatic heterocycles. The lowest BCUT2D eigenvalue weighted by atomic mass is 10.1. The van der Waals surface area contributed by atoms with Gasteiger partial charge in [-0.1, -0.05) is 0 Å². The molecule has 0 aromatic carbocycles. The molecule has 0 aliphatic carbocycles. The van der Waals surface area contributed by atoms with Gasteiger partial charge in [-0.05, 0) is 63.5 Å². The lowest BCUT2D eigenvalue weighted by molar-refractivity contribution is -0.143. The number of primary amides is 1. The van der Waals surface area contributed by atoms with Gasteiger partial charge in [0.1, 0.15) is 18.1 Å². The van der Waals surface area contributed by atoms with Gasteiger partial charge in [-0.15, -0.1) is 0 Å². The molecule has 0 radical (unpaired) electrons. The summed E-state index contributed by atoms with van der Waals surface area (Å²) >= 11 is 1.49. The number of thioether (sulfide) groups is 1. The van der Waals surface area contributed by atoms with E-state index in [0.717, 1.165) is 0 Å². The fourth-order valence-corrected chi connectivity index (χ4v) is 4.20. The first-order valence-electron chi connectivity index (χ1n) is 11.5. The first kappa shape index (κ1) is 29.7. The van der Waals surface area contributed by atoms with E-state index in [2.05, 4.69) is 10.6 Å². The highest BCUT2D eigenvalue weighted by molar-refractivity contribution is 7.98. The molecule has 0 spiro atoms. The molecule has 4 atom stereocenters. The molecule has 0 aromatic heterocycles. The standard InChI is InChI=1S/C21H38N6O6S/c1-34-12-9-14(18(29)26-15(21(32)33)5-2-3-10-22)25-19(30)16-6-4-11-27(16)20(31)13(23)7-8-17(24)28/h13-16H,2-12,22-23H2,1H3,(H2,24,28)(H,25,30)(H,26,29)(H,32,33). The summed E-state index contributed by atoms with van der Waals surface area (Å²) in [6, 6.07) is -3.78. The maximum Gasteiger partial charge on any atom is 0.326 e. The van der Waals surface area contributed by atoms with Crippen LogP contribution in [-0.4, -0.2) is 88.9 Å². The van der Waals surface area contributed by atoms with Gasteiger partial charge in [-0.2, -0.15) is 11.8 Å². The van der Waals surface area contributed by atoms with Crippen LogP contribution < -0.4 is 27.8 Å². The monoisotopic (exact) mass is 502 g/mol. The molecule has 9 N–H and O–H groups in total. The Morgan fingerprint density at radius 2 is 1.79 bits per heavy atom. The van der Waals surface area contributed by atoms with Crippen LogP contribution in [0.3, 0.4) is 0 Å². The van der Waals surface area contributed by atoms with Gasteiger partial charge >= 0.3 is 5.97 Å². The fourth-order valence-electron chi connectivity index (χ4n) is 3.73. The summed E-state index contributed by atoms with van der Waals surface area (Å²) in [5.41, 5.74) is 16.5. The average Bonchev–Trinajstić information content (AvgIpc) is 3.28. The van der Waals surface area contributed by atoms with Gasteiger partial charge in [-0.3, -0.25) is 19.2 Å². The molecule has 1 fully saturated rings. The van der Waals surface area contributed by atoms with Crippen LogP contribution in [0.1, 0.15) is 51.4 Å². The average molecular weight is 503 g/mol. The second-order valence-corrected chi connectivity index (χ2v) is 9.31. The predicted octanol–water partition coefficient (Wildman–Crippen LogP) is -1.49. The highest BCUT2D eigenvalue weighted by Gasteiger charge is 2.37. The molecule has 1 saturated heterocycles. The number of carboxylic acids is 1. The predicted molar refractivity (Wildman–Crippen MR) is 129 cm³/mol. The second-order valence-electron chi connectivity index (χ2n) is 8.33. The van der Waals surface area contributed by atoms with Crippen molar-refractivity contribution in [1.82, 2.24) is 15.5 Å². The SMILES string of the molecule is CSCCC(NC(=O)C1CCCN1C(=O)C(N)CCC(N)=O)C(=O)NC(CCCCN)C(=O)O. The van der Waals surface area contributed by atoms with Gasteiger partial charge in [0.25, 0.3) is 0 Å². The van der Waals surface area contributed by atoms with Crippen LogP contribution in [0.25, 0.3) is 0 Å². The van der Waals surface area contributed by atoms with Gasteiger partial charge in [-0.25, -0.2) is 4.79 Å². The summed E-state index contributed by atoms with van der Waals surface area (Å²) in [6.45, 7) is 0.764. The first-order valence-corrected chi connectivity index (χ1v) is 12.9. The molecule has 1 aliphatic rings. The van der Waals surface area contributed by atoms with Gasteiger partial charge in [0.05, 0.1) is 6.04 Å². The number of hydrogen-bond acceptors (Lipinski definition) is 8. The van der Waals surface area contributed by atoms with Crippen LogP contribution in [0.15, 0.2) is 0 Å². The van der Waals surface area contributed by atoms with E-state index in [1.165, 1.54) is 16.7 Å². The Kier molecular flexibility index (Phi) is 13.5. The second kappa shape index (κ2) is 15.5. The number of carboxylic acid groups (broad SMARTS) is 1. The van der Waals surface area contributed by atoms with Crippen molar-refractivity contribution in [2.45, 2.75) is 75.5 Å². The van der Waals surface area contributed by atoms with E-state index in [4.69, 9.17) is 17.2 Å². The molecule has 0 bridgehead atoms. The van der Waals surface area contributed by atoms with Crippen molar-refractivity contribution in [2.75, 3.05) is 25.1 Å². The number of amides is 4. The van der Waals surface area contributed by atoms with Crippen LogP contribution in [0, 0.1) is 0 Å². The minimum atomic E-state index is -1.15. The molecule has 1 rings (SSSR count). The molecule has 13 heteroatoms. The molecule has 0 aromatic rings. The number of hydrogen-bond donors (Lipinski definition) is 6. The lowest BCUT2D eigenvalue weighted by Gasteiger charge is -2.28. The zero-order valence-corrected chi connectivity index (χ0v) is 20.5. The third-order valence-electron chi connectivity index (χ3n) is 5.66. The van der Waals surface area contributed by atoms with E-state index in [0.29, 0.717) is 50.9 Å². The summed E-state index contributed by atoms with van der Waals surface area (Å²) in [4.78, 5) is 62.5. The maximum absolute atomic E-state index is 13.0. The minimum Gasteiger partial charge on any atom is -0.480 e. The molecular weight excluding hydrogens is 464 g/mol. The third kappa shape index (κ3) is 9.85. The zero-order chi connectivity index (χ0) is 25.7. The Balaban J connectivity index is 2.84. The van der Waals surface area contributed by atoms with Gasteiger partial charge in [0.15, 0.2) is 0 Å². The van der Waals surface area contributed by atoms with E-state index < -0.39 is 53.8 Å². The Labute approximate surface area is 204 Å². The van der Waals surface area contributed by atoms with Crippen molar-refractivity contribution in [2.24, 2.45) is 17.2 Å². The van der Waals surface area contributed by atoms with Crippen molar-refractivity contribution >= 4 is 41.4 Å². The van der Waals surface area contributed by atoms with Crippen molar-refractivity contribution in [3.63, 3.8) is 0 Å². The number of nitrogens with zero attached hydrogens (tertiary/aromatic N) is 1. The largest absolute Gasteiger partial charge is 0.480 e. The quantitative estimate of drug-likeness (QED) is 0.135. The van der Waals surface area contributed by atoms with Gasteiger partial charge < -0.3 is 37.8 Å². The van der Waals surface area contributed by atoms with E-state index in [-0.39, 0.29) is 19.3 Å². The number of nitrogens with one attached hydrogen (secondary N) is 2. The molecule has 12 nitrogen and oxygen atoms in total. The normalized spacial score (nSPS) is 18.1. The lowest BCUT2D eigenvalue weighted by Crippen LogP contribution is -2.56. The molecule has 4 amide bonds. The summed E-state index contributed by atoms with van der Waals surface area (Å²) in [7, 11) is 0. The zero-order valence-electron chi connectivity index (χ0n) is 19.7. The fraction of sp³-hybridized carbons (Fsp3) is 0.762. The number of carbonyl (C=O) groups excluding carboxylic acids is 4. The number of likely N-dealkylation sites (tertiary alicyclic amines) is 1. The smallest absolute Gasteiger partial charge is 0.326 e. The van der Waals surface area contributed by atoms with E-state index in [1.807, 2.05) is 6.26 Å². The van der Waals surface area contributed by atoms with Crippen molar-refractivity contribution in [3.8, 4) is 0 Å². The number of nitrogens with two attached hydrogens (primary N) is 3. The Morgan fingerprint density at radius 1 is 1.09 bits per heavy atom. The van der Waals surface area contributed by atoms with Crippen molar-refractivity contribution in [3.05, 3.63) is 0 Å². The summed E-state index contributed by atoms with van der Waals surface area (Å²) in [6.07, 6.45) is 4.62. The van der Waals surface area contributed by atoms with Gasteiger partial charge in [0, 0.05) is 13.0 Å². The summed E-state index contributed by atoms with van der Waals surface area (Å²) < 4.78 is 0. The number of rotatable bonds is 16. The molecule has 4 unspecified atom stereocenters.